The van der Waals surface area contributed by atoms with E-state index in [1.165, 1.54) is 49.9 Å². The van der Waals surface area contributed by atoms with Gasteiger partial charge in [0.1, 0.15) is 0 Å². The van der Waals surface area contributed by atoms with E-state index < -0.39 is 0 Å². The summed E-state index contributed by atoms with van der Waals surface area (Å²) >= 11 is 0. The third-order valence-corrected chi connectivity index (χ3v) is 6.16. The van der Waals surface area contributed by atoms with E-state index in [4.69, 9.17) is 4.99 Å². The predicted molar refractivity (Wildman–Crippen MR) is 119 cm³/mol. The molecule has 2 aliphatic rings. The number of hydrogen-bond acceptors (Lipinski definition) is 3. The Balaban J connectivity index is 1.45. The average molecular weight is 386 g/mol. The van der Waals surface area contributed by atoms with Crippen LogP contribution in [-0.4, -0.2) is 68.1 Å². The Morgan fingerprint density at radius 3 is 2.64 bits per heavy atom. The van der Waals surface area contributed by atoms with Crippen molar-refractivity contribution < 1.29 is 0 Å². The maximum atomic E-state index is 4.92. The minimum atomic E-state index is 0.528. The Bertz CT molecular complexity index is 621. The monoisotopic (exact) mass is 385 g/mol. The smallest absolute Gasteiger partial charge is 0.191 e. The SMILES string of the molecule is CCNC(=NCC1CCCN(C)C1)NC1CCN(Cc2ccccc2C)CC1. The molecule has 1 unspecified atom stereocenters. The van der Waals surface area contributed by atoms with Crippen LogP contribution in [0.2, 0.25) is 0 Å². The molecule has 2 heterocycles. The van der Waals surface area contributed by atoms with Gasteiger partial charge in [-0.05, 0) is 70.2 Å². The molecule has 5 heteroatoms. The van der Waals surface area contributed by atoms with Gasteiger partial charge in [-0.15, -0.1) is 0 Å². The van der Waals surface area contributed by atoms with Gasteiger partial charge in [-0.2, -0.15) is 0 Å². The van der Waals surface area contributed by atoms with Gasteiger partial charge < -0.3 is 15.5 Å². The molecule has 0 radical (unpaired) electrons. The molecule has 3 rings (SSSR count). The minimum Gasteiger partial charge on any atom is -0.357 e. The van der Waals surface area contributed by atoms with Crippen molar-refractivity contribution >= 4 is 5.96 Å². The quantitative estimate of drug-likeness (QED) is 0.584. The molecule has 156 valence electrons. The average Bonchev–Trinajstić information content (AvgIpc) is 2.69. The summed E-state index contributed by atoms with van der Waals surface area (Å²) in [6.07, 6.45) is 4.98. The molecule has 0 spiro atoms. The molecule has 0 amide bonds. The highest BCUT2D eigenvalue weighted by Gasteiger charge is 2.21. The van der Waals surface area contributed by atoms with Gasteiger partial charge in [0.05, 0.1) is 0 Å². The summed E-state index contributed by atoms with van der Waals surface area (Å²) in [5.41, 5.74) is 2.86. The first-order valence-corrected chi connectivity index (χ1v) is 11.1. The van der Waals surface area contributed by atoms with Crippen molar-refractivity contribution in [1.82, 2.24) is 20.4 Å². The van der Waals surface area contributed by atoms with Crippen molar-refractivity contribution in [2.45, 2.75) is 52.1 Å². The molecule has 5 nitrogen and oxygen atoms in total. The van der Waals surface area contributed by atoms with E-state index in [1.807, 2.05) is 0 Å². The normalized spacial score (nSPS) is 23.0. The van der Waals surface area contributed by atoms with Crippen LogP contribution in [-0.2, 0) is 6.54 Å². The zero-order valence-electron chi connectivity index (χ0n) is 18.1. The number of aryl methyl sites for hydroxylation is 1. The van der Waals surface area contributed by atoms with Crippen molar-refractivity contribution in [3.05, 3.63) is 35.4 Å². The number of likely N-dealkylation sites (tertiary alicyclic amines) is 2. The van der Waals surface area contributed by atoms with Crippen LogP contribution in [0.1, 0.15) is 43.7 Å². The molecule has 28 heavy (non-hydrogen) atoms. The molecule has 0 aromatic heterocycles. The van der Waals surface area contributed by atoms with Crippen molar-refractivity contribution in [2.75, 3.05) is 46.3 Å². The minimum absolute atomic E-state index is 0.528. The zero-order valence-corrected chi connectivity index (χ0v) is 18.1. The first-order chi connectivity index (χ1) is 13.6. The van der Waals surface area contributed by atoms with E-state index in [0.29, 0.717) is 12.0 Å². The van der Waals surface area contributed by atoms with E-state index in [-0.39, 0.29) is 0 Å². The number of rotatable bonds is 6. The van der Waals surface area contributed by atoms with Crippen molar-refractivity contribution in [3.63, 3.8) is 0 Å². The second-order valence-corrected chi connectivity index (χ2v) is 8.61. The lowest BCUT2D eigenvalue weighted by molar-refractivity contribution is 0.198. The van der Waals surface area contributed by atoms with E-state index in [0.717, 1.165) is 38.7 Å². The molecule has 0 saturated carbocycles. The van der Waals surface area contributed by atoms with Crippen LogP contribution < -0.4 is 10.6 Å². The summed E-state index contributed by atoms with van der Waals surface area (Å²) in [7, 11) is 2.23. The number of aliphatic imine (C=N–C) groups is 1. The number of benzene rings is 1. The molecular formula is C23H39N5. The molecule has 1 atom stereocenters. The van der Waals surface area contributed by atoms with Crippen molar-refractivity contribution in [1.29, 1.82) is 0 Å². The number of guanidine groups is 1. The van der Waals surface area contributed by atoms with Gasteiger partial charge in [-0.25, -0.2) is 0 Å². The Morgan fingerprint density at radius 2 is 1.93 bits per heavy atom. The fourth-order valence-corrected chi connectivity index (χ4v) is 4.42. The summed E-state index contributed by atoms with van der Waals surface area (Å²) in [5, 5.41) is 7.15. The second kappa shape index (κ2) is 10.8. The van der Waals surface area contributed by atoms with Gasteiger partial charge in [0, 0.05) is 45.3 Å². The van der Waals surface area contributed by atoms with E-state index in [2.05, 4.69) is 65.6 Å². The molecule has 0 aliphatic carbocycles. The maximum absolute atomic E-state index is 4.92. The van der Waals surface area contributed by atoms with Crippen LogP contribution in [0.4, 0.5) is 0 Å². The van der Waals surface area contributed by atoms with Gasteiger partial charge in [0.25, 0.3) is 0 Å². The highest BCUT2D eigenvalue weighted by molar-refractivity contribution is 5.80. The predicted octanol–water partition coefficient (Wildman–Crippen LogP) is 2.86. The Kier molecular flexibility index (Phi) is 8.16. The third-order valence-electron chi connectivity index (χ3n) is 6.16. The Labute approximate surface area is 171 Å². The van der Waals surface area contributed by atoms with Crippen molar-refractivity contribution in [3.8, 4) is 0 Å². The molecule has 1 aromatic carbocycles. The van der Waals surface area contributed by atoms with E-state index in [9.17, 15) is 0 Å². The van der Waals surface area contributed by atoms with Crippen LogP contribution >= 0.6 is 0 Å². The highest BCUT2D eigenvalue weighted by atomic mass is 15.2. The summed E-state index contributed by atoms with van der Waals surface area (Å²) < 4.78 is 0. The first-order valence-electron chi connectivity index (χ1n) is 11.1. The standard InChI is InChI=1S/C23H39N5/c1-4-24-23(25-16-20-9-7-13-27(3)17-20)26-22-11-14-28(15-12-22)18-21-10-6-5-8-19(21)2/h5-6,8,10,20,22H,4,7,9,11-18H2,1-3H3,(H2,24,25,26). The van der Waals surface area contributed by atoms with Crippen molar-refractivity contribution in [2.24, 2.45) is 10.9 Å². The van der Waals surface area contributed by atoms with E-state index >= 15 is 0 Å². The molecule has 2 saturated heterocycles. The summed E-state index contributed by atoms with van der Waals surface area (Å²) in [6.45, 7) is 12.0. The maximum Gasteiger partial charge on any atom is 0.191 e. The fraction of sp³-hybridized carbons (Fsp3) is 0.696. The van der Waals surface area contributed by atoms with Gasteiger partial charge in [-0.3, -0.25) is 9.89 Å². The highest BCUT2D eigenvalue weighted by Crippen LogP contribution is 2.17. The molecule has 2 fully saturated rings. The van der Waals surface area contributed by atoms with Crippen LogP contribution in [0.3, 0.4) is 0 Å². The third kappa shape index (κ3) is 6.49. The number of hydrogen-bond donors (Lipinski definition) is 2. The molecular weight excluding hydrogens is 346 g/mol. The van der Waals surface area contributed by atoms with E-state index in [1.54, 1.807) is 0 Å². The van der Waals surface area contributed by atoms with Crippen LogP contribution in [0.25, 0.3) is 0 Å². The summed E-state index contributed by atoms with van der Waals surface area (Å²) in [5.74, 6) is 1.71. The molecule has 1 aromatic rings. The van der Waals surface area contributed by atoms with Gasteiger partial charge >= 0.3 is 0 Å². The molecule has 2 aliphatic heterocycles. The number of nitrogens with zero attached hydrogens (tertiary/aromatic N) is 3. The largest absolute Gasteiger partial charge is 0.357 e. The summed E-state index contributed by atoms with van der Waals surface area (Å²) in [6, 6.07) is 9.28. The first kappa shape index (κ1) is 21.1. The lowest BCUT2D eigenvalue weighted by Gasteiger charge is -2.33. The van der Waals surface area contributed by atoms with Crippen LogP contribution in [0.15, 0.2) is 29.3 Å². The Morgan fingerprint density at radius 1 is 1.14 bits per heavy atom. The Hall–Kier alpha value is -1.59. The zero-order chi connectivity index (χ0) is 19.8. The fourth-order valence-electron chi connectivity index (χ4n) is 4.42. The van der Waals surface area contributed by atoms with Gasteiger partial charge in [-0.1, -0.05) is 24.3 Å². The number of nitrogens with one attached hydrogen (secondary N) is 2. The van der Waals surface area contributed by atoms with Gasteiger partial charge in [0.15, 0.2) is 5.96 Å². The van der Waals surface area contributed by atoms with Gasteiger partial charge in [0.2, 0.25) is 0 Å². The number of piperidine rings is 2. The molecule has 0 bridgehead atoms. The van der Waals surface area contributed by atoms with Crippen LogP contribution in [0, 0.1) is 12.8 Å². The topological polar surface area (TPSA) is 42.9 Å². The second-order valence-electron chi connectivity index (χ2n) is 8.61. The molecule has 2 N–H and O–H groups in total. The lowest BCUT2D eigenvalue weighted by atomic mass is 9.99. The van der Waals surface area contributed by atoms with Crippen LogP contribution in [0.5, 0.6) is 0 Å². The lowest BCUT2D eigenvalue weighted by Crippen LogP contribution is -2.48. The summed E-state index contributed by atoms with van der Waals surface area (Å²) in [4.78, 5) is 9.94.